The Hall–Kier alpha value is -4.40. The highest BCUT2D eigenvalue weighted by atomic mass is 35.5. The Kier molecular flexibility index (Phi) is 9.52. The summed E-state index contributed by atoms with van der Waals surface area (Å²) in [5.74, 6) is -0.576. The van der Waals surface area contributed by atoms with Gasteiger partial charge >= 0.3 is 6.01 Å². The first-order valence-corrected chi connectivity index (χ1v) is 15.1. The summed E-state index contributed by atoms with van der Waals surface area (Å²) < 4.78 is 6.14. The van der Waals surface area contributed by atoms with Gasteiger partial charge in [-0.05, 0) is 50.8 Å². The molecule has 2 atom stereocenters. The molecule has 2 fully saturated rings. The van der Waals surface area contributed by atoms with Crippen LogP contribution in [0.1, 0.15) is 43.6 Å². The van der Waals surface area contributed by atoms with Crippen LogP contribution in [0.5, 0.6) is 11.8 Å². The van der Waals surface area contributed by atoms with Crippen molar-refractivity contribution in [2.75, 3.05) is 43.0 Å². The lowest BCUT2D eigenvalue weighted by Gasteiger charge is -2.41. The lowest BCUT2D eigenvalue weighted by Crippen LogP contribution is -2.55. The average Bonchev–Trinajstić information content (AvgIpc) is 3.49. The third-order valence-corrected chi connectivity index (χ3v) is 8.53. The minimum Gasteiger partial charge on any atom is -0.508 e. The first-order valence-electron chi connectivity index (χ1n) is 14.7. The molecule has 2 saturated heterocycles. The number of nitriles is 1. The number of benzene rings is 2. The van der Waals surface area contributed by atoms with E-state index in [1.54, 1.807) is 11.0 Å². The Bertz CT molecular complexity index is 1610. The molecular formula is C32H36ClN7O4. The minimum absolute atomic E-state index is 0.000701. The molecule has 230 valence electrons. The number of piperazine rings is 1. The minimum atomic E-state index is -0.599. The summed E-state index contributed by atoms with van der Waals surface area (Å²) >= 11 is 6.87. The second kappa shape index (κ2) is 13.5. The molecule has 44 heavy (non-hydrogen) atoms. The predicted octanol–water partition coefficient (Wildman–Crippen LogP) is 4.61. The molecule has 11 nitrogen and oxygen atoms in total. The number of amides is 2. The van der Waals surface area contributed by atoms with E-state index in [-0.39, 0.29) is 53.2 Å². The van der Waals surface area contributed by atoms with Crippen molar-refractivity contribution in [1.82, 2.24) is 19.8 Å². The molecule has 0 unspecified atom stereocenters. The normalized spacial score (nSPS) is 18.8. The fourth-order valence-corrected chi connectivity index (χ4v) is 6.33. The van der Waals surface area contributed by atoms with Crippen LogP contribution in [0.2, 0.25) is 5.02 Å². The number of nitrogens with zero attached hydrogens (tertiary/aromatic N) is 6. The molecule has 3 aromatic rings. The summed E-state index contributed by atoms with van der Waals surface area (Å²) in [6.45, 7) is 10.2. The zero-order valence-electron chi connectivity index (χ0n) is 24.9. The number of hydrogen-bond donors (Lipinski definition) is 2. The third-order valence-electron chi connectivity index (χ3n) is 8.18. The smallest absolute Gasteiger partial charge is 0.319 e. The number of phenolic OH excluding ortho intramolecular Hbond substituents is 1. The molecule has 0 bridgehead atoms. The van der Waals surface area contributed by atoms with Gasteiger partial charge in [-0.3, -0.25) is 14.5 Å². The maximum absolute atomic E-state index is 13.8. The predicted molar refractivity (Wildman–Crippen MR) is 169 cm³/mol. The highest BCUT2D eigenvalue weighted by molar-refractivity contribution is 6.36. The fourth-order valence-electron chi connectivity index (χ4n) is 6.04. The van der Waals surface area contributed by atoms with Crippen LogP contribution in [0.15, 0.2) is 49.1 Å². The maximum atomic E-state index is 13.8. The Morgan fingerprint density at radius 2 is 2.02 bits per heavy atom. The Morgan fingerprint density at radius 3 is 2.77 bits per heavy atom. The van der Waals surface area contributed by atoms with Crippen molar-refractivity contribution in [3.63, 3.8) is 0 Å². The average molecular weight is 618 g/mol. The van der Waals surface area contributed by atoms with Gasteiger partial charge in [0.15, 0.2) is 11.5 Å². The highest BCUT2D eigenvalue weighted by Crippen LogP contribution is 2.33. The molecular weight excluding hydrogens is 582 g/mol. The van der Waals surface area contributed by atoms with Crippen molar-refractivity contribution in [2.24, 2.45) is 0 Å². The molecule has 5 rings (SSSR count). The molecule has 2 amide bonds. The molecule has 0 spiro atoms. The lowest BCUT2D eigenvalue weighted by atomic mass is 10.1. The first kappa shape index (κ1) is 31.0. The Balaban J connectivity index is 1.49. The number of fused-ring (bicyclic) bond motifs is 1. The molecule has 2 aliphatic heterocycles. The van der Waals surface area contributed by atoms with Crippen LogP contribution in [-0.2, 0) is 4.79 Å². The number of nitrogens with one attached hydrogen (secondary N) is 1. The summed E-state index contributed by atoms with van der Waals surface area (Å²) in [4.78, 5) is 41.2. The Morgan fingerprint density at radius 1 is 1.23 bits per heavy atom. The highest BCUT2D eigenvalue weighted by Gasteiger charge is 2.33. The van der Waals surface area contributed by atoms with Crippen molar-refractivity contribution in [1.29, 1.82) is 5.26 Å². The molecule has 12 heteroatoms. The SMILES string of the molecule is C=CC(=O)N1CCN(c2nc(OC[C@@H]3CCCN3C(C)C)nc(C(=O)Nc3cc(O)cc4ccccc34)c2Cl)C[C@@H]1CC#N. The van der Waals surface area contributed by atoms with E-state index in [1.165, 1.54) is 12.1 Å². The van der Waals surface area contributed by atoms with Crippen molar-refractivity contribution < 1.29 is 19.4 Å². The van der Waals surface area contributed by atoms with Crippen LogP contribution in [0.4, 0.5) is 11.5 Å². The summed E-state index contributed by atoms with van der Waals surface area (Å²) in [6, 6.07) is 12.7. The first-order chi connectivity index (χ1) is 21.2. The number of likely N-dealkylation sites (tertiary alicyclic amines) is 1. The zero-order valence-corrected chi connectivity index (χ0v) is 25.6. The van der Waals surface area contributed by atoms with Crippen LogP contribution in [0.25, 0.3) is 10.8 Å². The lowest BCUT2D eigenvalue weighted by molar-refractivity contribution is -0.128. The number of halogens is 1. The van der Waals surface area contributed by atoms with E-state index < -0.39 is 11.9 Å². The molecule has 0 saturated carbocycles. The summed E-state index contributed by atoms with van der Waals surface area (Å²) in [7, 11) is 0. The summed E-state index contributed by atoms with van der Waals surface area (Å²) in [6.07, 6.45) is 3.39. The molecule has 2 aromatic carbocycles. The number of aromatic hydroxyl groups is 1. The second-order valence-electron chi connectivity index (χ2n) is 11.3. The van der Waals surface area contributed by atoms with Crippen molar-refractivity contribution in [2.45, 2.75) is 51.2 Å². The quantitative estimate of drug-likeness (QED) is 0.330. The van der Waals surface area contributed by atoms with Gasteiger partial charge in [0.05, 0.1) is 24.2 Å². The van der Waals surface area contributed by atoms with E-state index in [0.717, 1.165) is 30.2 Å². The van der Waals surface area contributed by atoms with Gasteiger partial charge in [-0.1, -0.05) is 42.4 Å². The van der Waals surface area contributed by atoms with Crippen LogP contribution < -0.4 is 15.0 Å². The van der Waals surface area contributed by atoms with Crippen LogP contribution >= 0.6 is 11.6 Å². The van der Waals surface area contributed by atoms with Gasteiger partial charge in [0, 0.05) is 43.2 Å². The fraction of sp³-hybridized carbons (Fsp3) is 0.406. The number of ether oxygens (including phenoxy) is 1. The molecule has 0 aliphatic carbocycles. The van der Waals surface area contributed by atoms with Crippen molar-refractivity contribution in [3.05, 3.63) is 59.8 Å². The van der Waals surface area contributed by atoms with Crippen molar-refractivity contribution >= 4 is 45.7 Å². The van der Waals surface area contributed by atoms with Gasteiger partial charge in [0.1, 0.15) is 17.4 Å². The van der Waals surface area contributed by atoms with E-state index >= 15 is 0 Å². The number of carbonyl (C=O) groups excluding carboxylic acids is 2. The molecule has 3 heterocycles. The van der Waals surface area contributed by atoms with Crippen LogP contribution in [0, 0.1) is 11.3 Å². The van der Waals surface area contributed by atoms with Gasteiger partial charge in [0.25, 0.3) is 5.91 Å². The molecule has 2 N–H and O–H groups in total. The van der Waals surface area contributed by atoms with Gasteiger partial charge in [-0.2, -0.15) is 15.2 Å². The van der Waals surface area contributed by atoms with E-state index in [0.29, 0.717) is 31.4 Å². The maximum Gasteiger partial charge on any atom is 0.319 e. The van der Waals surface area contributed by atoms with Crippen LogP contribution in [0.3, 0.4) is 0 Å². The zero-order chi connectivity index (χ0) is 31.4. The van der Waals surface area contributed by atoms with Gasteiger partial charge in [-0.15, -0.1) is 0 Å². The number of anilines is 2. The van der Waals surface area contributed by atoms with Gasteiger partial charge in [0.2, 0.25) is 5.91 Å². The van der Waals surface area contributed by atoms with Gasteiger partial charge in [-0.25, -0.2) is 0 Å². The standard InChI is InChI=1S/C32H36ClN7O4/c1-4-27(42)40-15-14-38(18-22(40)11-12-34)30-28(33)29(36-32(37-30)44-19-23-9-7-13-39(23)20(2)3)31(43)35-26-17-24(41)16-21-8-5-6-10-25(21)26/h4-6,8,10,16-17,20,22-23,41H,1,7,9,11,13-15,18-19H2,2-3H3,(H,35,43)/t22-,23-/m0/s1. The van der Waals surface area contributed by atoms with Crippen LogP contribution in [-0.4, -0.2) is 87.6 Å². The van der Waals surface area contributed by atoms with Gasteiger partial charge < -0.3 is 25.0 Å². The Labute approximate surface area is 261 Å². The number of phenols is 1. The molecule has 1 aromatic heterocycles. The number of carbonyl (C=O) groups is 2. The van der Waals surface area contributed by atoms with E-state index in [4.69, 9.17) is 16.3 Å². The number of rotatable bonds is 9. The topological polar surface area (TPSA) is 135 Å². The largest absolute Gasteiger partial charge is 0.508 e. The second-order valence-corrected chi connectivity index (χ2v) is 11.7. The van der Waals surface area contributed by atoms with E-state index in [1.807, 2.05) is 29.2 Å². The van der Waals surface area contributed by atoms with E-state index in [2.05, 4.69) is 46.7 Å². The summed E-state index contributed by atoms with van der Waals surface area (Å²) in [5, 5.41) is 24.1. The third kappa shape index (κ3) is 6.56. The number of hydrogen-bond acceptors (Lipinski definition) is 9. The molecule has 0 radical (unpaired) electrons. The monoisotopic (exact) mass is 617 g/mol. The summed E-state index contributed by atoms with van der Waals surface area (Å²) in [5.41, 5.74) is 0.307. The number of aromatic nitrogens is 2. The van der Waals surface area contributed by atoms with E-state index in [9.17, 15) is 20.0 Å². The molecule has 2 aliphatic rings. The van der Waals surface area contributed by atoms with Crippen molar-refractivity contribution in [3.8, 4) is 17.8 Å².